The first kappa shape index (κ1) is 17.7. The minimum Gasteiger partial charge on any atom is -0.298 e. The van der Waals surface area contributed by atoms with Crippen LogP contribution in [0.1, 0.15) is 11.1 Å². The van der Waals surface area contributed by atoms with Crippen molar-refractivity contribution in [3.63, 3.8) is 0 Å². The largest absolute Gasteiger partial charge is 0.298 e. The fourth-order valence-electron chi connectivity index (χ4n) is 2.16. The van der Waals surface area contributed by atoms with E-state index in [1.165, 1.54) is 23.0 Å². The van der Waals surface area contributed by atoms with Crippen LogP contribution in [-0.4, -0.2) is 10.9 Å². The summed E-state index contributed by atoms with van der Waals surface area (Å²) in [5.41, 5.74) is 3.65. The molecule has 0 aliphatic heterocycles. The summed E-state index contributed by atoms with van der Waals surface area (Å²) in [6, 6.07) is 13.3. The van der Waals surface area contributed by atoms with Crippen LogP contribution in [0.5, 0.6) is 0 Å². The van der Waals surface area contributed by atoms with Gasteiger partial charge in [0.2, 0.25) is 5.91 Å². The number of carbonyl (C=O) groups is 1. The Balaban J connectivity index is 1.69. The van der Waals surface area contributed by atoms with Crippen molar-refractivity contribution in [3.8, 4) is 11.3 Å². The number of rotatable bonds is 4. The molecule has 0 unspecified atom stereocenters. The van der Waals surface area contributed by atoms with Crippen molar-refractivity contribution in [1.29, 1.82) is 0 Å². The Morgan fingerprint density at radius 1 is 1.12 bits per heavy atom. The number of amides is 1. The van der Waals surface area contributed by atoms with Crippen molar-refractivity contribution in [3.05, 3.63) is 75.1 Å². The van der Waals surface area contributed by atoms with Crippen LogP contribution in [0.4, 0.5) is 5.13 Å². The summed E-state index contributed by atoms with van der Waals surface area (Å²) in [6.07, 6.45) is 2.98. The Morgan fingerprint density at radius 3 is 2.48 bits per heavy atom. The number of anilines is 1. The Kier molecular flexibility index (Phi) is 5.53. The Labute approximate surface area is 159 Å². The summed E-state index contributed by atoms with van der Waals surface area (Å²) in [5, 5.41) is 6.18. The van der Waals surface area contributed by atoms with Crippen LogP contribution >= 0.6 is 34.5 Å². The minimum absolute atomic E-state index is 0.291. The van der Waals surface area contributed by atoms with Gasteiger partial charge in [0.05, 0.1) is 5.69 Å². The lowest BCUT2D eigenvalue weighted by molar-refractivity contribution is -0.111. The Morgan fingerprint density at radius 2 is 1.80 bits per heavy atom. The van der Waals surface area contributed by atoms with Gasteiger partial charge in [-0.25, -0.2) is 4.98 Å². The van der Waals surface area contributed by atoms with Crippen molar-refractivity contribution >= 4 is 51.7 Å². The number of aryl methyl sites for hydroxylation is 1. The van der Waals surface area contributed by atoms with Crippen LogP contribution in [0.25, 0.3) is 17.3 Å². The average Bonchev–Trinajstić information content (AvgIpc) is 3.03. The van der Waals surface area contributed by atoms with E-state index in [0.29, 0.717) is 20.7 Å². The maximum Gasteiger partial charge on any atom is 0.250 e. The molecule has 0 aliphatic carbocycles. The van der Waals surface area contributed by atoms with E-state index in [-0.39, 0.29) is 5.91 Å². The maximum absolute atomic E-state index is 12.1. The number of hydrogen-bond acceptors (Lipinski definition) is 3. The summed E-state index contributed by atoms with van der Waals surface area (Å²) in [5.74, 6) is -0.291. The van der Waals surface area contributed by atoms with Crippen LogP contribution < -0.4 is 5.32 Å². The fourth-order valence-corrected chi connectivity index (χ4v) is 3.41. The number of halogens is 2. The Hall–Kier alpha value is -2.14. The minimum atomic E-state index is -0.291. The maximum atomic E-state index is 12.1. The van der Waals surface area contributed by atoms with E-state index in [2.05, 4.69) is 10.3 Å². The van der Waals surface area contributed by atoms with E-state index in [4.69, 9.17) is 23.2 Å². The summed E-state index contributed by atoms with van der Waals surface area (Å²) >= 11 is 13.5. The summed E-state index contributed by atoms with van der Waals surface area (Å²) in [4.78, 5) is 16.5. The van der Waals surface area contributed by atoms with Crippen LogP contribution in [-0.2, 0) is 4.79 Å². The lowest BCUT2D eigenvalue weighted by atomic mass is 10.1. The van der Waals surface area contributed by atoms with Gasteiger partial charge in [-0.2, -0.15) is 0 Å². The molecule has 126 valence electrons. The van der Waals surface area contributed by atoms with E-state index < -0.39 is 0 Å². The molecule has 0 fully saturated rings. The highest BCUT2D eigenvalue weighted by Gasteiger charge is 2.07. The van der Waals surface area contributed by atoms with Gasteiger partial charge >= 0.3 is 0 Å². The van der Waals surface area contributed by atoms with Crippen LogP contribution in [0.2, 0.25) is 10.0 Å². The number of benzene rings is 2. The lowest BCUT2D eigenvalue weighted by Gasteiger charge is -2.01. The topological polar surface area (TPSA) is 42.0 Å². The van der Waals surface area contributed by atoms with Crippen molar-refractivity contribution < 1.29 is 4.79 Å². The molecule has 6 heteroatoms. The van der Waals surface area contributed by atoms with Gasteiger partial charge in [-0.3, -0.25) is 10.1 Å². The fraction of sp³-hybridized carbons (Fsp3) is 0.0526. The molecule has 0 atom stereocenters. The van der Waals surface area contributed by atoms with E-state index in [0.717, 1.165) is 11.3 Å². The molecule has 0 bridgehead atoms. The van der Waals surface area contributed by atoms with Gasteiger partial charge in [-0.1, -0.05) is 59.1 Å². The number of nitrogens with zero attached hydrogens (tertiary/aromatic N) is 1. The Bertz CT molecular complexity index is 913. The van der Waals surface area contributed by atoms with Gasteiger partial charge in [-0.05, 0) is 25.1 Å². The van der Waals surface area contributed by atoms with Crippen molar-refractivity contribution in [1.82, 2.24) is 4.98 Å². The van der Waals surface area contributed by atoms with Crippen LogP contribution in [0, 0.1) is 6.92 Å². The second-order valence-electron chi connectivity index (χ2n) is 5.36. The number of nitrogens with one attached hydrogen (secondary N) is 1. The summed E-state index contributed by atoms with van der Waals surface area (Å²) < 4.78 is 0. The van der Waals surface area contributed by atoms with Gasteiger partial charge in [0.1, 0.15) is 0 Å². The van der Waals surface area contributed by atoms with Gasteiger partial charge in [0.15, 0.2) is 5.13 Å². The zero-order chi connectivity index (χ0) is 17.8. The summed E-state index contributed by atoms with van der Waals surface area (Å²) in [6.45, 7) is 2.04. The monoisotopic (exact) mass is 388 g/mol. The molecule has 1 aromatic heterocycles. The highest BCUT2D eigenvalue weighted by atomic mass is 35.5. The van der Waals surface area contributed by atoms with E-state index >= 15 is 0 Å². The zero-order valence-electron chi connectivity index (χ0n) is 13.3. The van der Waals surface area contributed by atoms with E-state index in [1.54, 1.807) is 24.3 Å². The first-order valence-corrected chi connectivity index (χ1v) is 9.12. The normalized spacial score (nSPS) is 11.0. The standard InChI is InChI=1S/C19H14Cl2N2OS/c1-12-5-7-13(8-6-12)17-11-25-19(22-17)23-18(24)10-9-14-15(20)3-2-4-16(14)21/h2-11H,1H3,(H,22,23,24). The molecule has 3 nitrogen and oxygen atoms in total. The molecule has 0 saturated heterocycles. The van der Waals surface area contributed by atoms with Crippen molar-refractivity contribution in [2.45, 2.75) is 6.92 Å². The molecule has 0 radical (unpaired) electrons. The molecule has 0 saturated carbocycles. The van der Waals surface area contributed by atoms with Gasteiger partial charge < -0.3 is 0 Å². The van der Waals surface area contributed by atoms with Gasteiger partial charge in [0.25, 0.3) is 0 Å². The SMILES string of the molecule is Cc1ccc(-c2csc(NC(=O)C=Cc3c(Cl)cccc3Cl)n2)cc1. The average molecular weight is 389 g/mol. The highest BCUT2D eigenvalue weighted by Crippen LogP contribution is 2.26. The quantitative estimate of drug-likeness (QED) is 0.550. The third kappa shape index (κ3) is 4.48. The number of thiazole rings is 1. The smallest absolute Gasteiger partial charge is 0.250 e. The lowest BCUT2D eigenvalue weighted by Crippen LogP contribution is -2.07. The predicted octanol–water partition coefficient (Wildman–Crippen LogP) is 6.08. The molecule has 1 heterocycles. The molecule has 1 amide bonds. The van der Waals surface area contributed by atoms with Crippen LogP contribution in [0.15, 0.2) is 53.9 Å². The van der Waals surface area contributed by atoms with E-state index in [9.17, 15) is 4.79 Å². The number of aromatic nitrogens is 1. The molecular weight excluding hydrogens is 375 g/mol. The van der Waals surface area contributed by atoms with Crippen molar-refractivity contribution in [2.24, 2.45) is 0 Å². The number of hydrogen-bond donors (Lipinski definition) is 1. The second kappa shape index (κ2) is 7.83. The highest BCUT2D eigenvalue weighted by molar-refractivity contribution is 7.14. The predicted molar refractivity (Wildman–Crippen MR) is 106 cm³/mol. The third-order valence-corrected chi connectivity index (χ3v) is 4.90. The molecular formula is C19H14Cl2N2OS. The van der Waals surface area contributed by atoms with Gasteiger partial charge in [-0.15, -0.1) is 11.3 Å². The third-order valence-electron chi connectivity index (χ3n) is 3.48. The first-order chi connectivity index (χ1) is 12.0. The molecule has 0 aliphatic rings. The molecule has 2 aromatic carbocycles. The molecule has 25 heavy (non-hydrogen) atoms. The summed E-state index contributed by atoms with van der Waals surface area (Å²) in [7, 11) is 0. The van der Waals surface area contributed by atoms with E-state index in [1.807, 2.05) is 36.6 Å². The van der Waals surface area contributed by atoms with Crippen molar-refractivity contribution in [2.75, 3.05) is 5.32 Å². The number of carbonyl (C=O) groups excluding carboxylic acids is 1. The molecule has 3 aromatic rings. The zero-order valence-corrected chi connectivity index (χ0v) is 15.6. The molecule has 0 spiro atoms. The first-order valence-electron chi connectivity index (χ1n) is 7.48. The van der Waals surface area contributed by atoms with Gasteiger partial charge in [0, 0.05) is 32.6 Å². The van der Waals surface area contributed by atoms with Crippen LogP contribution in [0.3, 0.4) is 0 Å². The molecule has 1 N–H and O–H groups in total. The molecule has 3 rings (SSSR count). The second-order valence-corrected chi connectivity index (χ2v) is 7.03.